The van der Waals surface area contributed by atoms with Gasteiger partial charge in [0.1, 0.15) is 0 Å². The van der Waals surface area contributed by atoms with E-state index in [1.807, 2.05) is 0 Å². The van der Waals surface area contributed by atoms with Gasteiger partial charge in [0.2, 0.25) is 0 Å². The normalized spacial score (nSPS) is 21.6. The minimum Gasteiger partial charge on any atom is -0.393 e. The molecule has 1 amide bonds. The van der Waals surface area contributed by atoms with Gasteiger partial charge in [-0.1, -0.05) is 17.7 Å². The Balaban J connectivity index is 2.07. The smallest absolute Gasteiger partial charge is 0.253 e. The molecule has 1 heterocycles. The van der Waals surface area contributed by atoms with Gasteiger partial charge in [-0.3, -0.25) is 4.79 Å². The van der Waals surface area contributed by atoms with E-state index in [1.165, 1.54) is 0 Å². The summed E-state index contributed by atoms with van der Waals surface area (Å²) in [5.74, 6) is 0.189. The molecule has 2 atom stereocenters. The molecule has 0 saturated carbocycles. The number of amides is 1. The Morgan fingerprint density at radius 3 is 2.94 bits per heavy atom. The molecule has 92 valence electrons. The Bertz CT molecular complexity index is 420. The first-order valence-corrected chi connectivity index (χ1v) is 6.18. The molecule has 1 aliphatic heterocycles. The predicted octanol–water partition coefficient (Wildman–Crippen LogP) is 2.18. The van der Waals surface area contributed by atoms with Crippen molar-refractivity contribution in [3.05, 3.63) is 34.9 Å². The first kappa shape index (κ1) is 12.4. The molecule has 1 N–H and O–H groups in total. The van der Waals surface area contributed by atoms with Gasteiger partial charge in [0.05, 0.1) is 6.10 Å². The minimum atomic E-state index is -0.354. The minimum absolute atomic E-state index is 0.00403. The molecule has 3 nitrogen and oxygen atoms in total. The summed E-state index contributed by atoms with van der Waals surface area (Å²) in [5, 5.41) is 10.1. The van der Waals surface area contributed by atoms with Crippen molar-refractivity contribution in [1.82, 2.24) is 4.90 Å². The maximum Gasteiger partial charge on any atom is 0.253 e. The fraction of sp³-hybridized carbons (Fsp3) is 0.462. The Morgan fingerprint density at radius 1 is 1.59 bits per heavy atom. The van der Waals surface area contributed by atoms with E-state index < -0.39 is 0 Å². The molecule has 0 radical (unpaired) electrons. The summed E-state index contributed by atoms with van der Waals surface area (Å²) in [6.07, 6.45) is 0.511. The largest absolute Gasteiger partial charge is 0.393 e. The number of halogens is 1. The molecule has 0 spiro atoms. The second-order valence-electron chi connectivity index (χ2n) is 4.55. The molecule has 4 heteroatoms. The Labute approximate surface area is 106 Å². The average molecular weight is 254 g/mol. The fourth-order valence-corrected chi connectivity index (χ4v) is 2.36. The van der Waals surface area contributed by atoms with Crippen LogP contribution in [0.15, 0.2) is 24.3 Å². The van der Waals surface area contributed by atoms with Crippen molar-refractivity contribution in [2.75, 3.05) is 13.1 Å². The Kier molecular flexibility index (Phi) is 3.69. The van der Waals surface area contributed by atoms with Gasteiger partial charge in [0.15, 0.2) is 0 Å². The highest BCUT2D eigenvalue weighted by atomic mass is 35.5. The third-order valence-corrected chi connectivity index (χ3v) is 3.50. The molecule has 0 bridgehead atoms. The maximum atomic E-state index is 12.2. The van der Waals surface area contributed by atoms with Crippen LogP contribution < -0.4 is 0 Å². The summed E-state index contributed by atoms with van der Waals surface area (Å²) < 4.78 is 0. The maximum absolute atomic E-state index is 12.2. The third-order valence-electron chi connectivity index (χ3n) is 3.27. The average Bonchev–Trinajstić information content (AvgIpc) is 2.77. The number of likely N-dealkylation sites (tertiary alicyclic amines) is 1. The highest BCUT2D eigenvalue weighted by Crippen LogP contribution is 2.22. The number of rotatable bonds is 2. The molecule has 17 heavy (non-hydrogen) atoms. The monoisotopic (exact) mass is 253 g/mol. The van der Waals surface area contributed by atoms with Crippen molar-refractivity contribution in [2.24, 2.45) is 5.92 Å². The highest BCUT2D eigenvalue weighted by molar-refractivity contribution is 6.30. The van der Waals surface area contributed by atoms with Crippen LogP contribution >= 0.6 is 11.6 Å². The summed E-state index contributed by atoms with van der Waals surface area (Å²) in [6, 6.07) is 6.97. The molecule has 0 aliphatic carbocycles. The van der Waals surface area contributed by atoms with Crippen molar-refractivity contribution in [3.8, 4) is 0 Å². The van der Waals surface area contributed by atoms with Gasteiger partial charge in [-0.25, -0.2) is 0 Å². The van der Waals surface area contributed by atoms with Gasteiger partial charge in [0.25, 0.3) is 5.91 Å². The molecular weight excluding hydrogens is 238 g/mol. The molecule has 2 rings (SSSR count). The van der Waals surface area contributed by atoms with Crippen molar-refractivity contribution in [3.63, 3.8) is 0 Å². The topological polar surface area (TPSA) is 40.5 Å². The van der Waals surface area contributed by atoms with E-state index in [0.29, 0.717) is 23.7 Å². The van der Waals surface area contributed by atoms with Crippen LogP contribution in [0.3, 0.4) is 0 Å². The molecule has 1 aromatic rings. The summed E-state index contributed by atoms with van der Waals surface area (Å²) >= 11 is 5.86. The van der Waals surface area contributed by atoms with E-state index in [4.69, 9.17) is 11.6 Å². The number of hydrogen-bond donors (Lipinski definition) is 1. The van der Waals surface area contributed by atoms with Gasteiger partial charge in [0, 0.05) is 29.6 Å². The zero-order valence-electron chi connectivity index (χ0n) is 9.77. The van der Waals surface area contributed by atoms with Crippen molar-refractivity contribution < 1.29 is 9.90 Å². The van der Waals surface area contributed by atoms with Crippen LogP contribution in [0.1, 0.15) is 23.7 Å². The number of carbonyl (C=O) groups excluding carboxylic acids is 1. The standard InChI is InChI=1S/C13H16ClNO2/c1-9(16)11-5-6-15(8-11)13(17)10-3-2-4-12(14)7-10/h2-4,7,9,11,16H,5-6,8H2,1H3. The van der Waals surface area contributed by atoms with Crippen LogP contribution in [0.4, 0.5) is 0 Å². The van der Waals surface area contributed by atoms with Gasteiger partial charge in [-0.05, 0) is 31.5 Å². The van der Waals surface area contributed by atoms with E-state index in [-0.39, 0.29) is 17.9 Å². The number of benzene rings is 1. The van der Waals surface area contributed by atoms with Crippen LogP contribution in [0.25, 0.3) is 0 Å². The third kappa shape index (κ3) is 2.79. The van der Waals surface area contributed by atoms with Crippen LogP contribution in [0.5, 0.6) is 0 Å². The zero-order chi connectivity index (χ0) is 12.4. The number of aliphatic hydroxyl groups excluding tert-OH is 1. The van der Waals surface area contributed by atoms with E-state index in [9.17, 15) is 9.90 Å². The SMILES string of the molecule is CC(O)C1CCN(C(=O)c2cccc(Cl)c2)C1. The Hall–Kier alpha value is -1.06. The summed E-state index contributed by atoms with van der Waals surface area (Å²) in [6.45, 7) is 3.11. The second-order valence-corrected chi connectivity index (χ2v) is 4.99. The fourth-order valence-electron chi connectivity index (χ4n) is 2.17. The van der Waals surface area contributed by atoms with Gasteiger partial charge < -0.3 is 10.0 Å². The number of aliphatic hydroxyl groups is 1. The lowest BCUT2D eigenvalue weighted by Crippen LogP contribution is -2.30. The lowest BCUT2D eigenvalue weighted by Gasteiger charge is -2.17. The number of hydrogen-bond acceptors (Lipinski definition) is 2. The summed E-state index contributed by atoms with van der Waals surface area (Å²) in [4.78, 5) is 13.9. The van der Waals surface area contributed by atoms with Gasteiger partial charge in [-0.2, -0.15) is 0 Å². The molecule has 1 saturated heterocycles. The molecule has 1 aromatic carbocycles. The van der Waals surface area contributed by atoms with E-state index in [1.54, 1.807) is 36.1 Å². The van der Waals surface area contributed by atoms with Crippen LogP contribution in [-0.4, -0.2) is 35.1 Å². The molecule has 1 fully saturated rings. The molecule has 1 aliphatic rings. The quantitative estimate of drug-likeness (QED) is 0.878. The molecule has 0 aromatic heterocycles. The van der Waals surface area contributed by atoms with Crippen molar-refractivity contribution >= 4 is 17.5 Å². The summed E-state index contributed by atoms with van der Waals surface area (Å²) in [7, 11) is 0. The predicted molar refractivity (Wildman–Crippen MR) is 67.1 cm³/mol. The highest BCUT2D eigenvalue weighted by Gasteiger charge is 2.29. The lowest BCUT2D eigenvalue weighted by atomic mass is 10.0. The van der Waals surface area contributed by atoms with Crippen molar-refractivity contribution in [2.45, 2.75) is 19.4 Å². The lowest BCUT2D eigenvalue weighted by molar-refractivity contribution is 0.0762. The van der Waals surface area contributed by atoms with Gasteiger partial charge >= 0.3 is 0 Å². The van der Waals surface area contributed by atoms with E-state index >= 15 is 0 Å². The van der Waals surface area contributed by atoms with Crippen LogP contribution in [-0.2, 0) is 0 Å². The second kappa shape index (κ2) is 5.07. The zero-order valence-corrected chi connectivity index (χ0v) is 10.5. The van der Waals surface area contributed by atoms with E-state index in [2.05, 4.69) is 0 Å². The Morgan fingerprint density at radius 2 is 2.35 bits per heavy atom. The first-order chi connectivity index (χ1) is 8.08. The first-order valence-electron chi connectivity index (χ1n) is 5.81. The van der Waals surface area contributed by atoms with Crippen LogP contribution in [0, 0.1) is 5.92 Å². The molecular formula is C13H16ClNO2. The van der Waals surface area contributed by atoms with Crippen molar-refractivity contribution in [1.29, 1.82) is 0 Å². The molecule has 2 unspecified atom stereocenters. The summed E-state index contributed by atoms with van der Waals surface area (Å²) in [5.41, 5.74) is 0.615. The van der Waals surface area contributed by atoms with Crippen LogP contribution in [0.2, 0.25) is 5.02 Å². The number of carbonyl (C=O) groups is 1. The number of nitrogens with zero attached hydrogens (tertiary/aromatic N) is 1. The van der Waals surface area contributed by atoms with Gasteiger partial charge in [-0.15, -0.1) is 0 Å². The van der Waals surface area contributed by atoms with E-state index in [0.717, 1.165) is 6.42 Å².